The van der Waals surface area contributed by atoms with Crippen LogP contribution in [0.25, 0.3) is 0 Å². The van der Waals surface area contributed by atoms with Crippen LogP contribution >= 0.6 is 11.3 Å². The number of hydrogen-bond acceptors (Lipinski definition) is 6. The Morgan fingerprint density at radius 3 is 2.47 bits per heavy atom. The van der Waals surface area contributed by atoms with Crippen molar-refractivity contribution in [3.05, 3.63) is 4.88 Å². The molecule has 2 rings (SSSR count). The van der Waals surface area contributed by atoms with Gasteiger partial charge in [-0.15, -0.1) is 0 Å². The van der Waals surface area contributed by atoms with Gasteiger partial charge in [-0.05, 0) is 13.8 Å². The van der Waals surface area contributed by atoms with Crippen LogP contribution in [-0.4, -0.2) is 55.2 Å². The third-order valence-corrected chi connectivity index (χ3v) is 4.15. The number of thiazole rings is 1. The zero-order valence-corrected chi connectivity index (χ0v) is 12.5. The molecular weight excluding hydrogens is 264 g/mol. The van der Waals surface area contributed by atoms with Gasteiger partial charge in [0.1, 0.15) is 10.7 Å². The zero-order chi connectivity index (χ0) is 14.2. The molecule has 1 amide bonds. The molecule has 106 valence electrons. The fraction of sp³-hybridized carbons (Fsp3) is 0.667. The molecule has 2 N–H and O–H groups in total. The number of rotatable bonds is 2. The van der Waals surface area contributed by atoms with E-state index >= 15 is 0 Å². The van der Waals surface area contributed by atoms with Gasteiger partial charge in [0, 0.05) is 27.2 Å². The molecule has 0 radical (unpaired) electrons. The second-order valence-corrected chi connectivity index (χ2v) is 6.05. The van der Waals surface area contributed by atoms with Gasteiger partial charge in [-0.1, -0.05) is 11.3 Å². The van der Waals surface area contributed by atoms with Crippen molar-refractivity contribution in [3.63, 3.8) is 0 Å². The number of morpholine rings is 1. The maximum absolute atomic E-state index is 12.5. The number of anilines is 2. The molecule has 0 aliphatic carbocycles. The molecule has 0 spiro atoms. The Kier molecular flexibility index (Phi) is 3.96. The van der Waals surface area contributed by atoms with Crippen molar-refractivity contribution in [2.45, 2.75) is 26.1 Å². The van der Waals surface area contributed by atoms with E-state index < -0.39 is 0 Å². The summed E-state index contributed by atoms with van der Waals surface area (Å²) in [6.45, 7) is 5.13. The van der Waals surface area contributed by atoms with Crippen molar-refractivity contribution in [3.8, 4) is 0 Å². The van der Waals surface area contributed by atoms with Crippen LogP contribution in [0.3, 0.4) is 0 Å². The Morgan fingerprint density at radius 2 is 2.00 bits per heavy atom. The number of nitrogens with two attached hydrogens (primary N) is 1. The maximum Gasteiger partial charge on any atom is 0.268 e. The number of nitrogens with zero attached hydrogens (tertiary/aromatic N) is 3. The summed E-state index contributed by atoms with van der Waals surface area (Å²) < 4.78 is 5.63. The van der Waals surface area contributed by atoms with Gasteiger partial charge in [-0.2, -0.15) is 0 Å². The van der Waals surface area contributed by atoms with E-state index in [1.165, 1.54) is 11.3 Å². The van der Waals surface area contributed by atoms with E-state index in [0.29, 0.717) is 23.8 Å². The van der Waals surface area contributed by atoms with Gasteiger partial charge in [0.2, 0.25) is 0 Å². The molecule has 1 aliphatic heterocycles. The molecule has 0 aromatic carbocycles. The lowest BCUT2D eigenvalue weighted by molar-refractivity contribution is -0.0584. The van der Waals surface area contributed by atoms with Crippen molar-refractivity contribution in [1.82, 2.24) is 9.88 Å². The highest BCUT2D eigenvalue weighted by atomic mass is 32.1. The molecule has 2 heterocycles. The molecule has 19 heavy (non-hydrogen) atoms. The van der Waals surface area contributed by atoms with Crippen molar-refractivity contribution < 1.29 is 9.53 Å². The number of amides is 1. The van der Waals surface area contributed by atoms with Gasteiger partial charge < -0.3 is 20.3 Å². The fourth-order valence-corrected chi connectivity index (χ4v) is 3.03. The molecule has 1 aliphatic rings. The lowest BCUT2D eigenvalue weighted by Gasteiger charge is -2.35. The molecule has 1 aromatic rings. The van der Waals surface area contributed by atoms with E-state index in [-0.39, 0.29) is 18.1 Å². The molecule has 6 nitrogen and oxygen atoms in total. The van der Waals surface area contributed by atoms with Crippen LogP contribution in [0.2, 0.25) is 0 Å². The highest BCUT2D eigenvalue weighted by molar-refractivity contribution is 7.18. The summed E-state index contributed by atoms with van der Waals surface area (Å²) in [5.74, 6) is 0.260. The number of carbonyl (C=O) groups excluding carboxylic acids is 1. The first-order valence-electron chi connectivity index (χ1n) is 6.26. The van der Waals surface area contributed by atoms with Gasteiger partial charge in [0.25, 0.3) is 5.91 Å². The van der Waals surface area contributed by atoms with Crippen LogP contribution in [0.4, 0.5) is 10.9 Å². The smallest absolute Gasteiger partial charge is 0.268 e. The summed E-state index contributed by atoms with van der Waals surface area (Å²) in [5, 5.41) is 0.746. The van der Waals surface area contributed by atoms with E-state index in [1.54, 1.807) is 4.90 Å². The number of carbonyl (C=O) groups is 1. The molecular formula is C12H20N4O2S. The summed E-state index contributed by atoms with van der Waals surface area (Å²) in [7, 11) is 3.76. The number of ether oxygens (including phenoxy) is 1. The number of aromatic nitrogens is 1. The van der Waals surface area contributed by atoms with Crippen molar-refractivity contribution in [2.75, 3.05) is 37.8 Å². The summed E-state index contributed by atoms with van der Waals surface area (Å²) >= 11 is 1.33. The molecule has 0 unspecified atom stereocenters. The first kappa shape index (κ1) is 14.1. The summed E-state index contributed by atoms with van der Waals surface area (Å²) in [4.78, 5) is 20.9. The van der Waals surface area contributed by atoms with Crippen molar-refractivity contribution >= 4 is 28.2 Å². The lowest BCUT2D eigenvalue weighted by atomic mass is 10.2. The van der Waals surface area contributed by atoms with Crippen LogP contribution in [0.1, 0.15) is 23.5 Å². The van der Waals surface area contributed by atoms with E-state index in [0.717, 1.165) is 5.13 Å². The third kappa shape index (κ3) is 2.98. The minimum absolute atomic E-state index is 0.0508. The van der Waals surface area contributed by atoms with Gasteiger partial charge in [0.05, 0.1) is 12.2 Å². The molecule has 0 saturated carbocycles. The maximum atomic E-state index is 12.5. The second kappa shape index (κ2) is 5.34. The average Bonchev–Trinajstić information content (AvgIpc) is 2.69. The van der Waals surface area contributed by atoms with Crippen LogP contribution in [-0.2, 0) is 4.74 Å². The quantitative estimate of drug-likeness (QED) is 0.878. The van der Waals surface area contributed by atoms with E-state index in [1.807, 2.05) is 32.8 Å². The molecule has 0 bridgehead atoms. The van der Waals surface area contributed by atoms with Crippen LogP contribution in [0.15, 0.2) is 0 Å². The minimum atomic E-state index is -0.0508. The van der Waals surface area contributed by atoms with Crippen LogP contribution < -0.4 is 10.6 Å². The lowest BCUT2D eigenvalue weighted by Crippen LogP contribution is -2.48. The molecule has 7 heteroatoms. The molecule has 2 atom stereocenters. The Morgan fingerprint density at radius 1 is 1.42 bits per heavy atom. The molecule has 1 saturated heterocycles. The summed E-state index contributed by atoms with van der Waals surface area (Å²) in [5.41, 5.74) is 5.85. The number of hydrogen-bond donors (Lipinski definition) is 1. The van der Waals surface area contributed by atoms with E-state index in [9.17, 15) is 4.79 Å². The second-order valence-electron chi connectivity index (χ2n) is 5.07. The van der Waals surface area contributed by atoms with Crippen LogP contribution in [0, 0.1) is 0 Å². The SMILES string of the molecule is C[C@@H]1CN(C(=O)c2sc(N(C)C)nc2N)C[C@H](C)O1. The standard InChI is InChI=1S/C12H20N4O2S/c1-7-5-16(6-8(2)18-7)11(17)9-10(13)14-12(19-9)15(3)4/h7-8H,5-6,13H2,1-4H3/t7-,8+. The largest absolute Gasteiger partial charge is 0.382 e. The average molecular weight is 284 g/mol. The Bertz CT molecular complexity index is 464. The first-order valence-corrected chi connectivity index (χ1v) is 7.08. The van der Waals surface area contributed by atoms with Gasteiger partial charge in [-0.3, -0.25) is 4.79 Å². The normalized spacial score (nSPS) is 23.5. The molecule has 1 fully saturated rings. The first-order chi connectivity index (χ1) is 8.88. The topological polar surface area (TPSA) is 71.7 Å². The summed E-state index contributed by atoms with van der Waals surface area (Å²) in [6.07, 6.45) is 0.102. The van der Waals surface area contributed by atoms with E-state index in [2.05, 4.69) is 4.98 Å². The van der Waals surface area contributed by atoms with Crippen LogP contribution in [0.5, 0.6) is 0 Å². The van der Waals surface area contributed by atoms with Gasteiger partial charge in [-0.25, -0.2) is 4.98 Å². The Balaban J connectivity index is 2.19. The predicted octanol–water partition coefficient (Wildman–Crippen LogP) is 1.04. The van der Waals surface area contributed by atoms with Gasteiger partial charge in [0.15, 0.2) is 5.13 Å². The zero-order valence-electron chi connectivity index (χ0n) is 11.7. The predicted molar refractivity (Wildman–Crippen MR) is 76.8 cm³/mol. The van der Waals surface area contributed by atoms with Gasteiger partial charge >= 0.3 is 0 Å². The highest BCUT2D eigenvalue weighted by Crippen LogP contribution is 2.28. The summed E-state index contributed by atoms with van der Waals surface area (Å²) in [6, 6.07) is 0. The Hall–Kier alpha value is -1.34. The number of nitrogen functional groups attached to an aromatic ring is 1. The third-order valence-electron chi connectivity index (χ3n) is 2.93. The fourth-order valence-electron chi connectivity index (χ4n) is 2.15. The van der Waals surface area contributed by atoms with Crippen molar-refractivity contribution in [2.24, 2.45) is 0 Å². The van der Waals surface area contributed by atoms with E-state index in [4.69, 9.17) is 10.5 Å². The monoisotopic (exact) mass is 284 g/mol. The molecule has 1 aromatic heterocycles. The highest BCUT2D eigenvalue weighted by Gasteiger charge is 2.29. The Labute approximate surface area is 117 Å². The van der Waals surface area contributed by atoms with Crippen molar-refractivity contribution in [1.29, 1.82) is 0 Å². The minimum Gasteiger partial charge on any atom is -0.382 e.